The Labute approximate surface area is 152 Å². The molecule has 0 saturated carbocycles. The summed E-state index contributed by atoms with van der Waals surface area (Å²) in [7, 11) is 0. The molecule has 1 atom stereocenters. The first-order valence-corrected chi connectivity index (χ1v) is 8.87. The molecule has 8 heteroatoms. The molecule has 0 unspecified atom stereocenters. The molecule has 26 heavy (non-hydrogen) atoms. The highest BCUT2D eigenvalue weighted by molar-refractivity contribution is 5.90. The number of rotatable bonds is 9. The zero-order valence-corrected chi connectivity index (χ0v) is 14.7. The molecule has 1 aromatic rings. The Balaban J connectivity index is 1.71. The number of benzene rings is 1. The maximum absolute atomic E-state index is 12.0. The fourth-order valence-electron chi connectivity index (χ4n) is 3.00. The summed E-state index contributed by atoms with van der Waals surface area (Å²) in [4.78, 5) is 34.1. The number of nitrogens with one attached hydrogen (secondary N) is 3. The predicted octanol–water partition coefficient (Wildman–Crippen LogP) is 0.971. The summed E-state index contributed by atoms with van der Waals surface area (Å²) in [6.45, 7) is 0.550. The molecule has 142 valence electrons. The molecule has 1 aliphatic rings. The third-order valence-electron chi connectivity index (χ3n) is 4.48. The van der Waals surface area contributed by atoms with E-state index in [4.69, 9.17) is 10.9 Å². The number of fused-ring (bicyclic) bond motifs is 1. The van der Waals surface area contributed by atoms with Gasteiger partial charge in [0, 0.05) is 25.1 Å². The summed E-state index contributed by atoms with van der Waals surface area (Å²) in [5.41, 5.74) is 9.80. The number of primary amides is 1. The quantitative estimate of drug-likeness (QED) is 0.254. The van der Waals surface area contributed by atoms with Gasteiger partial charge in [-0.1, -0.05) is 18.9 Å². The van der Waals surface area contributed by atoms with Crippen LogP contribution in [0.15, 0.2) is 18.2 Å². The number of amides is 3. The number of carbonyl (C=O) groups excluding carboxylic acids is 3. The van der Waals surface area contributed by atoms with Crippen molar-refractivity contribution < 1.29 is 19.6 Å². The average molecular weight is 362 g/mol. The summed E-state index contributed by atoms with van der Waals surface area (Å²) in [6.07, 6.45) is 4.42. The van der Waals surface area contributed by atoms with Crippen LogP contribution < -0.4 is 21.8 Å². The lowest BCUT2D eigenvalue weighted by Gasteiger charge is -2.24. The van der Waals surface area contributed by atoms with Crippen molar-refractivity contribution in [1.82, 2.24) is 10.8 Å². The van der Waals surface area contributed by atoms with Crippen LogP contribution in [0.25, 0.3) is 0 Å². The van der Waals surface area contributed by atoms with E-state index >= 15 is 0 Å². The second kappa shape index (κ2) is 9.88. The lowest BCUT2D eigenvalue weighted by Crippen LogP contribution is -2.45. The summed E-state index contributed by atoms with van der Waals surface area (Å²) in [5, 5.41) is 14.4. The Bertz CT molecular complexity index is 663. The molecule has 2 rings (SSSR count). The fourth-order valence-corrected chi connectivity index (χ4v) is 3.00. The van der Waals surface area contributed by atoms with Gasteiger partial charge in [0.25, 0.3) is 0 Å². The van der Waals surface area contributed by atoms with Crippen LogP contribution in [0.5, 0.6) is 0 Å². The number of hydrogen-bond donors (Lipinski definition) is 5. The van der Waals surface area contributed by atoms with Crippen LogP contribution in [-0.4, -0.2) is 29.0 Å². The highest BCUT2D eigenvalue weighted by atomic mass is 16.5. The van der Waals surface area contributed by atoms with Crippen LogP contribution >= 0.6 is 0 Å². The van der Waals surface area contributed by atoms with Crippen molar-refractivity contribution in [3.8, 4) is 0 Å². The normalized spacial score (nSPS) is 15.8. The Morgan fingerprint density at radius 2 is 1.77 bits per heavy atom. The van der Waals surface area contributed by atoms with E-state index in [-0.39, 0.29) is 23.8 Å². The van der Waals surface area contributed by atoms with Gasteiger partial charge in [-0.2, -0.15) is 0 Å². The Morgan fingerprint density at radius 3 is 2.42 bits per heavy atom. The van der Waals surface area contributed by atoms with E-state index in [0.717, 1.165) is 36.1 Å². The molecular weight excluding hydrogens is 336 g/mol. The Morgan fingerprint density at radius 1 is 1.08 bits per heavy atom. The Kier molecular flexibility index (Phi) is 7.55. The molecular formula is C18H26N4O4. The number of hydroxylamine groups is 1. The van der Waals surface area contributed by atoms with Gasteiger partial charge < -0.3 is 16.4 Å². The van der Waals surface area contributed by atoms with Crippen molar-refractivity contribution in [2.24, 2.45) is 5.73 Å². The van der Waals surface area contributed by atoms with E-state index in [9.17, 15) is 14.4 Å². The summed E-state index contributed by atoms with van der Waals surface area (Å²) in [6, 6.07) is 5.35. The zero-order valence-electron chi connectivity index (χ0n) is 14.7. The topological polar surface area (TPSA) is 134 Å². The van der Waals surface area contributed by atoms with Crippen LogP contribution in [0, 0.1) is 0 Å². The SMILES string of the molecule is NC(=O)[C@@H]1Cc2ccc(NC(=O)CCCCCCC(=O)NO)cc2CN1. The van der Waals surface area contributed by atoms with Crippen LogP contribution in [0.4, 0.5) is 5.69 Å². The van der Waals surface area contributed by atoms with Crippen molar-refractivity contribution in [3.05, 3.63) is 29.3 Å². The number of unbranched alkanes of at least 4 members (excludes halogenated alkanes) is 3. The van der Waals surface area contributed by atoms with Gasteiger partial charge in [-0.3, -0.25) is 19.6 Å². The lowest BCUT2D eigenvalue weighted by molar-refractivity contribution is -0.129. The highest BCUT2D eigenvalue weighted by Crippen LogP contribution is 2.21. The number of nitrogens with two attached hydrogens (primary N) is 1. The highest BCUT2D eigenvalue weighted by Gasteiger charge is 2.22. The van der Waals surface area contributed by atoms with Crippen LogP contribution in [-0.2, 0) is 27.3 Å². The monoisotopic (exact) mass is 362 g/mol. The minimum Gasteiger partial charge on any atom is -0.368 e. The molecule has 1 heterocycles. The minimum absolute atomic E-state index is 0.0446. The van der Waals surface area contributed by atoms with E-state index in [0.29, 0.717) is 32.2 Å². The molecule has 0 aromatic heterocycles. The van der Waals surface area contributed by atoms with E-state index in [1.165, 1.54) is 0 Å². The van der Waals surface area contributed by atoms with Gasteiger partial charge >= 0.3 is 0 Å². The van der Waals surface area contributed by atoms with Crippen molar-refractivity contribution in [1.29, 1.82) is 0 Å². The molecule has 3 amide bonds. The molecule has 1 aliphatic heterocycles. The molecule has 8 nitrogen and oxygen atoms in total. The molecule has 0 bridgehead atoms. The van der Waals surface area contributed by atoms with Gasteiger partial charge in [0.15, 0.2) is 0 Å². The third-order valence-corrected chi connectivity index (χ3v) is 4.48. The molecule has 0 radical (unpaired) electrons. The average Bonchev–Trinajstić information content (AvgIpc) is 2.63. The molecule has 0 aliphatic carbocycles. The second-order valence-electron chi connectivity index (χ2n) is 6.52. The van der Waals surface area contributed by atoms with E-state index < -0.39 is 0 Å². The smallest absolute Gasteiger partial charge is 0.243 e. The van der Waals surface area contributed by atoms with Crippen LogP contribution in [0.3, 0.4) is 0 Å². The number of hydrogen-bond acceptors (Lipinski definition) is 5. The van der Waals surface area contributed by atoms with Crippen molar-refractivity contribution in [3.63, 3.8) is 0 Å². The first-order chi connectivity index (χ1) is 12.5. The maximum Gasteiger partial charge on any atom is 0.243 e. The molecule has 0 saturated heterocycles. The van der Waals surface area contributed by atoms with Gasteiger partial charge in [0.05, 0.1) is 6.04 Å². The number of carbonyl (C=O) groups is 3. The van der Waals surface area contributed by atoms with E-state index in [1.807, 2.05) is 18.2 Å². The van der Waals surface area contributed by atoms with Gasteiger partial charge in [-0.05, 0) is 42.5 Å². The van der Waals surface area contributed by atoms with Crippen molar-refractivity contribution in [2.45, 2.75) is 57.5 Å². The fraction of sp³-hybridized carbons (Fsp3) is 0.500. The summed E-state index contributed by atoms with van der Waals surface area (Å²) < 4.78 is 0. The molecule has 6 N–H and O–H groups in total. The second-order valence-corrected chi connectivity index (χ2v) is 6.52. The van der Waals surface area contributed by atoms with Gasteiger partial charge in [0.2, 0.25) is 17.7 Å². The maximum atomic E-state index is 12.0. The minimum atomic E-state index is -0.383. The largest absolute Gasteiger partial charge is 0.368 e. The van der Waals surface area contributed by atoms with Crippen LogP contribution in [0.1, 0.15) is 49.7 Å². The van der Waals surface area contributed by atoms with Gasteiger partial charge in [-0.15, -0.1) is 0 Å². The molecule has 0 spiro atoms. The van der Waals surface area contributed by atoms with Gasteiger partial charge in [-0.25, -0.2) is 5.48 Å². The first kappa shape index (κ1) is 19.9. The van der Waals surface area contributed by atoms with E-state index in [2.05, 4.69) is 10.6 Å². The summed E-state index contributed by atoms with van der Waals surface area (Å²) in [5.74, 6) is -0.784. The van der Waals surface area contributed by atoms with Crippen molar-refractivity contribution >= 4 is 23.4 Å². The van der Waals surface area contributed by atoms with Crippen LogP contribution in [0.2, 0.25) is 0 Å². The molecule has 1 aromatic carbocycles. The number of anilines is 1. The lowest BCUT2D eigenvalue weighted by atomic mass is 9.95. The van der Waals surface area contributed by atoms with Crippen molar-refractivity contribution in [2.75, 3.05) is 5.32 Å². The predicted molar refractivity (Wildman–Crippen MR) is 96.2 cm³/mol. The molecule has 0 fully saturated rings. The Hall–Kier alpha value is -2.45. The standard InChI is InChI=1S/C18H26N4O4/c19-18(25)15-10-12-7-8-14(9-13(12)11-20-15)21-16(23)5-3-1-2-4-6-17(24)22-26/h7-9,15,20,26H,1-6,10-11H2,(H2,19,25)(H,21,23)(H,22,24)/t15-/m0/s1. The van der Waals surface area contributed by atoms with Gasteiger partial charge in [0.1, 0.15) is 0 Å². The third kappa shape index (κ3) is 6.12. The summed E-state index contributed by atoms with van der Waals surface area (Å²) >= 11 is 0. The zero-order chi connectivity index (χ0) is 18.9. The first-order valence-electron chi connectivity index (χ1n) is 8.87. The van der Waals surface area contributed by atoms with E-state index in [1.54, 1.807) is 5.48 Å².